The molecule has 4 aliphatic rings. The molecule has 0 unspecified atom stereocenters. The van der Waals surface area contributed by atoms with Crippen LogP contribution in [0.4, 0.5) is 0 Å². The van der Waals surface area contributed by atoms with Gasteiger partial charge in [-0.05, 0) is 65.1 Å². The lowest BCUT2D eigenvalue weighted by atomic mass is 9.44. The van der Waals surface area contributed by atoms with Crippen molar-refractivity contribution in [3.63, 3.8) is 0 Å². The third-order valence-corrected chi connectivity index (χ3v) is 11.4. The second-order valence-electron chi connectivity index (χ2n) is 12.7. The molecule has 46 heavy (non-hydrogen) atoms. The molecule has 1 saturated heterocycles. The quantitative estimate of drug-likeness (QED) is 0.203. The van der Waals surface area contributed by atoms with Crippen LogP contribution in [0.5, 0.6) is 5.75 Å². The molecule has 0 radical (unpaired) electrons. The second kappa shape index (κ2) is 10.9. The van der Waals surface area contributed by atoms with Gasteiger partial charge in [0, 0.05) is 22.3 Å². The molecule has 2 fully saturated rings. The van der Waals surface area contributed by atoms with Gasteiger partial charge in [0.15, 0.2) is 11.6 Å². The molecule has 6 nitrogen and oxygen atoms in total. The fourth-order valence-corrected chi connectivity index (χ4v) is 9.43. The lowest BCUT2D eigenvalue weighted by Gasteiger charge is -2.55. The van der Waals surface area contributed by atoms with Crippen LogP contribution in [0.2, 0.25) is 0 Å². The fraction of sp³-hybridized carbons (Fsp3) is 0.231. The van der Waals surface area contributed by atoms with Crippen molar-refractivity contribution in [3.8, 4) is 5.75 Å². The second-order valence-corrected chi connectivity index (χ2v) is 13.8. The maximum absolute atomic E-state index is 15.0. The first-order chi connectivity index (χ1) is 22.4. The molecule has 8 rings (SSSR count). The van der Waals surface area contributed by atoms with E-state index < -0.39 is 35.0 Å². The number of rotatable bonds is 5. The van der Waals surface area contributed by atoms with Crippen LogP contribution in [-0.4, -0.2) is 33.4 Å². The molecule has 3 aliphatic carbocycles. The summed E-state index contributed by atoms with van der Waals surface area (Å²) in [5, 5.41) is 12.6. The van der Waals surface area contributed by atoms with Crippen LogP contribution in [0, 0.1) is 23.7 Å². The van der Waals surface area contributed by atoms with E-state index in [9.17, 15) is 24.3 Å². The number of fused-ring (bicyclic) bond motifs is 4. The molecule has 1 aliphatic heterocycles. The van der Waals surface area contributed by atoms with Crippen molar-refractivity contribution in [3.05, 3.63) is 142 Å². The number of thiophene rings is 1. The van der Waals surface area contributed by atoms with Gasteiger partial charge < -0.3 is 5.11 Å². The van der Waals surface area contributed by atoms with Crippen molar-refractivity contribution in [2.75, 3.05) is 0 Å². The van der Waals surface area contributed by atoms with Gasteiger partial charge in [0.1, 0.15) is 5.75 Å². The molecule has 0 bridgehead atoms. The molecule has 7 heteroatoms. The van der Waals surface area contributed by atoms with E-state index in [1.54, 1.807) is 18.2 Å². The van der Waals surface area contributed by atoms with Crippen LogP contribution in [0.25, 0.3) is 5.57 Å². The zero-order chi connectivity index (χ0) is 31.6. The first-order valence-corrected chi connectivity index (χ1v) is 16.5. The Hall–Kier alpha value is -4.88. The van der Waals surface area contributed by atoms with Gasteiger partial charge in [-0.15, -0.1) is 11.3 Å². The van der Waals surface area contributed by atoms with Crippen molar-refractivity contribution in [2.45, 2.75) is 30.7 Å². The van der Waals surface area contributed by atoms with Gasteiger partial charge >= 0.3 is 0 Å². The number of Topliss-reactive ketones (excluding diaryl/α,β-unsaturated/α-hetero) is 1. The number of hydrogen-bond donors (Lipinski definition) is 1. The molecular formula is C39H31NO5S. The number of imide groups is 1. The minimum Gasteiger partial charge on any atom is -0.508 e. The highest BCUT2D eigenvalue weighted by Gasteiger charge is 2.65. The average molecular weight is 626 g/mol. The maximum Gasteiger partial charge on any atom is 0.234 e. The van der Waals surface area contributed by atoms with E-state index in [1.807, 2.05) is 84.2 Å². The number of carbonyl (C=O) groups is 4. The lowest BCUT2D eigenvalue weighted by molar-refractivity contribution is -0.141. The van der Waals surface area contributed by atoms with E-state index in [0.29, 0.717) is 23.1 Å². The van der Waals surface area contributed by atoms with Crippen LogP contribution >= 0.6 is 11.3 Å². The smallest absolute Gasteiger partial charge is 0.234 e. The molecule has 2 heterocycles. The largest absolute Gasteiger partial charge is 0.508 e. The predicted octanol–water partition coefficient (Wildman–Crippen LogP) is 6.48. The summed E-state index contributed by atoms with van der Waals surface area (Å²) in [6.07, 6.45) is 4.20. The van der Waals surface area contributed by atoms with Gasteiger partial charge in [0.05, 0.1) is 23.8 Å². The van der Waals surface area contributed by atoms with Crippen LogP contribution in [-0.2, 0) is 31.1 Å². The zero-order valence-corrected chi connectivity index (χ0v) is 25.7. The van der Waals surface area contributed by atoms with Crippen LogP contribution in [0.15, 0.2) is 120 Å². The highest BCUT2D eigenvalue weighted by molar-refractivity contribution is 7.09. The highest BCUT2D eigenvalue weighted by atomic mass is 32.1. The molecule has 228 valence electrons. The summed E-state index contributed by atoms with van der Waals surface area (Å²) in [4.78, 5) is 60.2. The van der Waals surface area contributed by atoms with Crippen molar-refractivity contribution < 1.29 is 24.3 Å². The third-order valence-electron chi connectivity index (χ3n) is 10.6. The molecule has 1 saturated carbocycles. The number of nitrogens with zero attached hydrogens (tertiary/aromatic N) is 1. The Labute approximate surface area is 270 Å². The highest BCUT2D eigenvalue weighted by Crippen LogP contribution is 2.63. The van der Waals surface area contributed by atoms with Crippen LogP contribution in [0.1, 0.15) is 40.3 Å². The minimum absolute atomic E-state index is 0.0537. The normalized spacial score (nSPS) is 28.7. The van der Waals surface area contributed by atoms with E-state index in [2.05, 4.69) is 6.08 Å². The fourth-order valence-electron chi connectivity index (χ4n) is 8.73. The number of carbonyl (C=O) groups excluding carboxylic acids is 4. The molecule has 1 aromatic heterocycles. The SMILES string of the molecule is O=C1C(c2ccccc2)=CC(=O)[C@@]2(c3ccccc3)[C@@H](c3cccc(O)c3)C3=CC[C@@H]4C(=O)N(Cc5cccs5)C(=O)[C@@H]4[C@@H]3C[C@@H]12. The monoisotopic (exact) mass is 625 g/mol. The number of benzene rings is 3. The third kappa shape index (κ3) is 4.14. The number of likely N-dealkylation sites (tertiary alicyclic amines) is 1. The molecule has 0 spiro atoms. The van der Waals surface area contributed by atoms with Gasteiger partial charge in [-0.2, -0.15) is 0 Å². The molecule has 2 amide bonds. The van der Waals surface area contributed by atoms with Gasteiger partial charge in [-0.1, -0.05) is 90.5 Å². The average Bonchev–Trinajstić information content (AvgIpc) is 3.69. The number of phenols is 1. The molecule has 1 N–H and O–H groups in total. The van der Waals surface area contributed by atoms with Crippen LogP contribution in [0.3, 0.4) is 0 Å². The number of hydrogen-bond acceptors (Lipinski definition) is 6. The Bertz CT molecular complexity index is 1950. The summed E-state index contributed by atoms with van der Waals surface area (Å²) in [7, 11) is 0. The first kappa shape index (κ1) is 28.6. The minimum atomic E-state index is -1.30. The maximum atomic E-state index is 15.0. The van der Waals surface area contributed by atoms with Crippen molar-refractivity contribution in [1.82, 2.24) is 4.90 Å². The Morgan fingerprint density at radius 3 is 2.30 bits per heavy atom. The lowest BCUT2D eigenvalue weighted by Crippen LogP contribution is -2.58. The van der Waals surface area contributed by atoms with Gasteiger partial charge in [0.25, 0.3) is 0 Å². The Balaban J connectivity index is 1.34. The van der Waals surface area contributed by atoms with Crippen LogP contribution < -0.4 is 0 Å². The topological polar surface area (TPSA) is 91.8 Å². The van der Waals surface area contributed by atoms with Gasteiger partial charge in [-0.3, -0.25) is 24.1 Å². The number of phenolic OH excluding ortho intramolecular Hbond substituents is 1. The van der Waals surface area contributed by atoms with E-state index >= 15 is 0 Å². The van der Waals surface area contributed by atoms with E-state index in [1.165, 1.54) is 22.3 Å². The number of ketones is 2. The van der Waals surface area contributed by atoms with Crippen molar-refractivity contribution in [2.24, 2.45) is 23.7 Å². The number of aromatic hydroxyl groups is 1. The summed E-state index contributed by atoms with van der Waals surface area (Å²) in [5.41, 5.74) is 2.06. The summed E-state index contributed by atoms with van der Waals surface area (Å²) in [6, 6.07) is 29.5. The molecular weight excluding hydrogens is 594 g/mol. The Kier molecular flexibility index (Phi) is 6.76. The first-order valence-electron chi connectivity index (χ1n) is 15.7. The Morgan fingerprint density at radius 1 is 0.826 bits per heavy atom. The van der Waals surface area contributed by atoms with E-state index in [0.717, 1.165) is 16.0 Å². The Morgan fingerprint density at radius 2 is 1.59 bits per heavy atom. The number of allylic oxidation sites excluding steroid dienone is 4. The molecule has 3 aromatic carbocycles. The summed E-state index contributed by atoms with van der Waals surface area (Å²) >= 11 is 1.51. The standard InChI is InChI=1S/C39H31NO5S/c41-26-14-7-11-24(19-26)35-28-16-17-29-34(38(45)40(37(29)44)22-27-15-8-18-46-27)31(28)20-32-36(43)30(23-9-3-1-4-10-23)21-33(42)39(32,35)25-12-5-2-6-13-25/h1-16,18-19,21,29,31-32,34-35,41H,17,20,22H2/t29-,31+,32-,34-,35-,39-/m0/s1. The van der Waals surface area contributed by atoms with E-state index in [-0.39, 0.29) is 42.1 Å². The molecule has 6 atom stereocenters. The van der Waals surface area contributed by atoms with E-state index in [4.69, 9.17) is 0 Å². The van der Waals surface area contributed by atoms with Gasteiger partial charge in [-0.25, -0.2) is 0 Å². The zero-order valence-electron chi connectivity index (χ0n) is 24.9. The summed E-state index contributed by atoms with van der Waals surface area (Å²) < 4.78 is 0. The van der Waals surface area contributed by atoms with Crippen molar-refractivity contribution >= 4 is 40.3 Å². The summed E-state index contributed by atoms with van der Waals surface area (Å²) in [5.74, 6) is -3.67. The predicted molar refractivity (Wildman–Crippen MR) is 175 cm³/mol. The summed E-state index contributed by atoms with van der Waals surface area (Å²) in [6.45, 7) is 0.232. The number of amides is 2. The molecule has 4 aromatic rings. The van der Waals surface area contributed by atoms with Crippen molar-refractivity contribution in [1.29, 1.82) is 0 Å². The van der Waals surface area contributed by atoms with Gasteiger partial charge in [0.2, 0.25) is 11.8 Å².